The van der Waals surface area contributed by atoms with Crippen LogP contribution in [0.25, 0.3) is 11.0 Å². The maximum Gasteiger partial charge on any atom is 0.269 e. The number of nitro benzene ring substituents is 1. The van der Waals surface area contributed by atoms with Crippen LogP contribution in [0.5, 0.6) is 0 Å². The maximum atomic E-state index is 10.8. The summed E-state index contributed by atoms with van der Waals surface area (Å²) in [4.78, 5) is 18.1. The standard InChI is InChI=1S/C15H14N4O2/c16-12(10-4-3-5-11(8-10)19(20)21)9-15-17-13-6-1-2-7-14(13)18-15/h1-8,12H,9,16H2,(H,17,18). The third-order valence-corrected chi connectivity index (χ3v) is 3.36. The highest BCUT2D eigenvalue weighted by Gasteiger charge is 2.13. The van der Waals surface area contributed by atoms with Crippen molar-refractivity contribution in [3.05, 3.63) is 70.0 Å². The molecule has 6 heteroatoms. The first-order valence-corrected chi connectivity index (χ1v) is 6.57. The fraction of sp³-hybridized carbons (Fsp3) is 0.133. The van der Waals surface area contributed by atoms with Gasteiger partial charge in [-0.15, -0.1) is 0 Å². The van der Waals surface area contributed by atoms with Crippen LogP contribution in [-0.4, -0.2) is 14.9 Å². The topological polar surface area (TPSA) is 97.8 Å². The van der Waals surface area contributed by atoms with Gasteiger partial charge in [-0.1, -0.05) is 24.3 Å². The molecule has 0 saturated carbocycles. The van der Waals surface area contributed by atoms with Gasteiger partial charge in [0.2, 0.25) is 0 Å². The second-order valence-electron chi connectivity index (χ2n) is 4.86. The van der Waals surface area contributed by atoms with Gasteiger partial charge in [-0.3, -0.25) is 10.1 Å². The summed E-state index contributed by atoms with van der Waals surface area (Å²) in [5, 5.41) is 10.8. The third kappa shape index (κ3) is 2.75. The van der Waals surface area contributed by atoms with Crippen molar-refractivity contribution >= 4 is 16.7 Å². The van der Waals surface area contributed by atoms with Gasteiger partial charge in [-0.2, -0.15) is 0 Å². The Hall–Kier alpha value is -2.73. The molecule has 1 aromatic heterocycles. The van der Waals surface area contributed by atoms with Crippen molar-refractivity contribution in [1.82, 2.24) is 9.97 Å². The number of non-ortho nitro benzene ring substituents is 1. The minimum atomic E-state index is -0.419. The molecule has 0 bridgehead atoms. The molecule has 1 heterocycles. The first-order chi connectivity index (χ1) is 10.1. The maximum absolute atomic E-state index is 10.8. The number of nitrogens with two attached hydrogens (primary N) is 1. The van der Waals surface area contributed by atoms with Crippen molar-refractivity contribution in [2.75, 3.05) is 0 Å². The summed E-state index contributed by atoms with van der Waals surface area (Å²) in [6.45, 7) is 0. The third-order valence-electron chi connectivity index (χ3n) is 3.36. The molecule has 106 valence electrons. The van der Waals surface area contributed by atoms with Gasteiger partial charge >= 0.3 is 0 Å². The second kappa shape index (κ2) is 5.34. The monoisotopic (exact) mass is 282 g/mol. The van der Waals surface area contributed by atoms with Crippen LogP contribution in [0.15, 0.2) is 48.5 Å². The lowest BCUT2D eigenvalue weighted by Crippen LogP contribution is -2.14. The van der Waals surface area contributed by atoms with E-state index < -0.39 is 4.92 Å². The highest BCUT2D eigenvalue weighted by molar-refractivity contribution is 5.74. The molecular formula is C15H14N4O2. The molecule has 0 fully saturated rings. The molecule has 0 amide bonds. The summed E-state index contributed by atoms with van der Waals surface area (Å²) < 4.78 is 0. The number of nitro groups is 1. The van der Waals surface area contributed by atoms with Gasteiger partial charge in [0, 0.05) is 24.6 Å². The molecule has 21 heavy (non-hydrogen) atoms. The molecule has 0 aliphatic carbocycles. The first kappa shape index (κ1) is 13.3. The molecule has 1 unspecified atom stereocenters. The van der Waals surface area contributed by atoms with Crippen LogP contribution in [0, 0.1) is 10.1 Å². The van der Waals surface area contributed by atoms with E-state index in [0.717, 1.165) is 22.4 Å². The van der Waals surface area contributed by atoms with Crippen LogP contribution in [0.3, 0.4) is 0 Å². The molecule has 3 rings (SSSR count). The van der Waals surface area contributed by atoms with E-state index in [4.69, 9.17) is 5.73 Å². The number of imidazole rings is 1. The normalized spacial score (nSPS) is 12.4. The molecule has 0 aliphatic heterocycles. The van der Waals surface area contributed by atoms with Crippen LogP contribution in [-0.2, 0) is 6.42 Å². The fourth-order valence-corrected chi connectivity index (χ4v) is 2.30. The zero-order valence-corrected chi connectivity index (χ0v) is 11.2. The van der Waals surface area contributed by atoms with Crippen LogP contribution >= 0.6 is 0 Å². The molecule has 2 aromatic carbocycles. The van der Waals surface area contributed by atoms with Gasteiger partial charge in [0.15, 0.2) is 0 Å². The molecule has 0 aliphatic rings. The van der Waals surface area contributed by atoms with E-state index in [-0.39, 0.29) is 11.7 Å². The lowest BCUT2D eigenvalue weighted by molar-refractivity contribution is -0.384. The minimum Gasteiger partial charge on any atom is -0.342 e. The summed E-state index contributed by atoms with van der Waals surface area (Å²) in [6.07, 6.45) is 0.496. The highest BCUT2D eigenvalue weighted by atomic mass is 16.6. The summed E-state index contributed by atoms with van der Waals surface area (Å²) in [6, 6.07) is 13.8. The average Bonchev–Trinajstić information content (AvgIpc) is 2.89. The number of para-hydroxylation sites is 2. The van der Waals surface area contributed by atoms with E-state index in [2.05, 4.69) is 9.97 Å². The summed E-state index contributed by atoms with van der Waals surface area (Å²) in [5.74, 6) is 0.773. The van der Waals surface area contributed by atoms with Crippen molar-refractivity contribution in [1.29, 1.82) is 0 Å². The molecule has 1 atom stereocenters. The van der Waals surface area contributed by atoms with Gasteiger partial charge in [0.25, 0.3) is 5.69 Å². The number of H-pyrrole nitrogens is 1. The number of hydrogen-bond acceptors (Lipinski definition) is 4. The number of nitrogens with one attached hydrogen (secondary N) is 1. The van der Waals surface area contributed by atoms with Crippen molar-refractivity contribution in [2.24, 2.45) is 5.73 Å². The number of hydrogen-bond donors (Lipinski definition) is 2. The largest absolute Gasteiger partial charge is 0.342 e. The summed E-state index contributed by atoms with van der Waals surface area (Å²) in [7, 11) is 0. The Balaban J connectivity index is 1.83. The Morgan fingerprint density at radius 2 is 2.05 bits per heavy atom. The lowest BCUT2D eigenvalue weighted by Gasteiger charge is -2.09. The Bertz CT molecular complexity index is 764. The van der Waals surface area contributed by atoms with E-state index in [0.29, 0.717) is 6.42 Å². The zero-order valence-electron chi connectivity index (χ0n) is 11.2. The van der Waals surface area contributed by atoms with Crippen LogP contribution in [0.1, 0.15) is 17.4 Å². The zero-order chi connectivity index (χ0) is 14.8. The number of rotatable bonds is 4. The average molecular weight is 282 g/mol. The van der Waals surface area contributed by atoms with Crippen LogP contribution in [0.2, 0.25) is 0 Å². The molecular weight excluding hydrogens is 268 g/mol. The number of aromatic nitrogens is 2. The number of fused-ring (bicyclic) bond motifs is 1. The molecule has 0 spiro atoms. The van der Waals surface area contributed by atoms with Gasteiger partial charge in [-0.25, -0.2) is 4.98 Å². The Morgan fingerprint density at radius 1 is 1.24 bits per heavy atom. The van der Waals surface area contributed by atoms with Crippen LogP contribution < -0.4 is 5.73 Å². The van der Waals surface area contributed by atoms with Crippen molar-refractivity contribution < 1.29 is 4.92 Å². The smallest absolute Gasteiger partial charge is 0.269 e. The first-order valence-electron chi connectivity index (χ1n) is 6.57. The molecule has 0 saturated heterocycles. The van der Waals surface area contributed by atoms with Gasteiger partial charge < -0.3 is 10.7 Å². The SMILES string of the molecule is NC(Cc1nc2ccccc2[nH]1)c1cccc([N+](=O)[O-])c1. The minimum absolute atomic E-state index is 0.0487. The van der Waals surface area contributed by atoms with Gasteiger partial charge in [-0.05, 0) is 17.7 Å². The van der Waals surface area contributed by atoms with E-state index in [1.54, 1.807) is 12.1 Å². The molecule has 3 N–H and O–H groups in total. The van der Waals surface area contributed by atoms with Crippen molar-refractivity contribution in [2.45, 2.75) is 12.5 Å². The Labute approximate surface area is 120 Å². The molecule has 3 aromatic rings. The van der Waals surface area contributed by atoms with Gasteiger partial charge in [0.05, 0.1) is 16.0 Å². The summed E-state index contributed by atoms with van der Waals surface area (Å²) >= 11 is 0. The van der Waals surface area contributed by atoms with E-state index >= 15 is 0 Å². The van der Waals surface area contributed by atoms with Gasteiger partial charge in [0.1, 0.15) is 5.82 Å². The quantitative estimate of drug-likeness (QED) is 0.567. The Morgan fingerprint density at radius 3 is 2.81 bits per heavy atom. The van der Waals surface area contributed by atoms with E-state index in [9.17, 15) is 10.1 Å². The summed E-state index contributed by atoms with van der Waals surface area (Å²) in [5.41, 5.74) is 8.76. The van der Waals surface area contributed by atoms with Crippen molar-refractivity contribution in [3.8, 4) is 0 Å². The number of nitrogens with zero attached hydrogens (tertiary/aromatic N) is 2. The fourth-order valence-electron chi connectivity index (χ4n) is 2.30. The number of benzene rings is 2. The van der Waals surface area contributed by atoms with E-state index in [1.807, 2.05) is 24.3 Å². The Kier molecular flexibility index (Phi) is 3.37. The van der Waals surface area contributed by atoms with E-state index in [1.165, 1.54) is 12.1 Å². The predicted molar refractivity (Wildman–Crippen MR) is 79.8 cm³/mol. The molecule has 0 radical (unpaired) electrons. The number of aromatic amines is 1. The van der Waals surface area contributed by atoms with Crippen molar-refractivity contribution in [3.63, 3.8) is 0 Å². The molecule has 6 nitrogen and oxygen atoms in total. The lowest BCUT2D eigenvalue weighted by atomic mass is 10.0. The highest BCUT2D eigenvalue weighted by Crippen LogP contribution is 2.21. The van der Waals surface area contributed by atoms with Crippen LogP contribution in [0.4, 0.5) is 5.69 Å². The second-order valence-corrected chi connectivity index (χ2v) is 4.86. The predicted octanol–water partition coefficient (Wildman–Crippen LogP) is 2.71.